The molecule has 1 aromatic rings. The summed E-state index contributed by atoms with van der Waals surface area (Å²) >= 11 is 3.94. The monoisotopic (exact) mass is 250 g/mol. The van der Waals surface area contributed by atoms with E-state index >= 15 is 0 Å². The zero-order chi connectivity index (χ0) is 6.69. The van der Waals surface area contributed by atoms with Gasteiger partial charge in [-0.15, -0.1) is 0 Å². The van der Waals surface area contributed by atoms with Crippen LogP contribution in [0.15, 0.2) is 24.3 Å². The molecular weight excluding hydrogens is 243 g/mol. The summed E-state index contributed by atoms with van der Waals surface area (Å²) in [6.45, 7) is 2.14. The minimum absolute atomic E-state index is 0.471. The first kappa shape index (κ1) is 7.33. The number of hydrogen-bond donors (Lipinski definition) is 0. The van der Waals surface area contributed by atoms with Crippen LogP contribution in [0.5, 0.6) is 0 Å². The second-order valence-corrected chi connectivity index (χ2v) is 4.77. The van der Waals surface area contributed by atoms with Gasteiger partial charge in [-0.3, -0.25) is 0 Å². The van der Waals surface area contributed by atoms with Crippen molar-refractivity contribution in [1.29, 1.82) is 0 Å². The van der Waals surface area contributed by atoms with E-state index in [1.54, 1.807) is 0 Å². The van der Waals surface area contributed by atoms with Crippen LogP contribution < -0.4 is 4.46 Å². The van der Waals surface area contributed by atoms with E-state index in [-0.39, 0.29) is 0 Å². The summed E-state index contributed by atoms with van der Waals surface area (Å²) in [6, 6.07) is 8.44. The first-order valence-electron chi connectivity index (χ1n) is 2.69. The van der Waals surface area contributed by atoms with Crippen molar-refractivity contribution in [3.63, 3.8) is 0 Å². The Hall–Kier alpha value is 0.219. The van der Waals surface area contributed by atoms with Gasteiger partial charge < -0.3 is 0 Å². The van der Waals surface area contributed by atoms with Crippen LogP contribution in [0.3, 0.4) is 0 Å². The van der Waals surface area contributed by atoms with E-state index in [1.165, 1.54) is 10.0 Å². The number of hydrogen-bond acceptors (Lipinski definition) is 0. The summed E-state index contributed by atoms with van der Waals surface area (Å²) in [5, 5.41) is 0. The van der Waals surface area contributed by atoms with Crippen LogP contribution in [-0.2, 0) is 0 Å². The standard InChI is InChI=1S/C7H7BrSe/c1-6-4-2-3-5-7(6)9-8/h2-5H,1H3. The molecule has 9 heavy (non-hydrogen) atoms. The van der Waals surface area contributed by atoms with Gasteiger partial charge in [0.1, 0.15) is 0 Å². The number of aryl methyl sites for hydroxylation is 1. The van der Waals surface area contributed by atoms with Gasteiger partial charge in [-0.25, -0.2) is 0 Å². The van der Waals surface area contributed by atoms with Crippen LogP contribution in [0.25, 0.3) is 0 Å². The molecule has 0 bridgehead atoms. The molecule has 0 saturated heterocycles. The summed E-state index contributed by atoms with van der Waals surface area (Å²) in [6.07, 6.45) is 0. The van der Waals surface area contributed by atoms with Crippen LogP contribution >= 0.6 is 14.1 Å². The van der Waals surface area contributed by atoms with Gasteiger partial charge in [0.15, 0.2) is 0 Å². The molecule has 0 saturated carbocycles. The average molecular weight is 250 g/mol. The zero-order valence-electron chi connectivity index (χ0n) is 5.10. The Bertz CT molecular complexity index is 198. The second kappa shape index (κ2) is 3.40. The van der Waals surface area contributed by atoms with Crippen molar-refractivity contribution in [2.24, 2.45) is 0 Å². The van der Waals surface area contributed by atoms with E-state index < -0.39 is 0 Å². The molecule has 48 valence electrons. The average Bonchev–Trinajstić information content (AvgIpc) is 1.89. The maximum absolute atomic E-state index is 3.47. The number of rotatable bonds is 1. The zero-order valence-corrected chi connectivity index (χ0v) is 8.39. The molecular formula is C7H7BrSe. The maximum atomic E-state index is 3.47. The summed E-state index contributed by atoms with van der Waals surface area (Å²) < 4.78 is 1.44. The van der Waals surface area contributed by atoms with Crippen molar-refractivity contribution in [2.75, 3.05) is 0 Å². The van der Waals surface area contributed by atoms with E-state index in [1.807, 2.05) is 0 Å². The molecule has 0 N–H and O–H groups in total. The van der Waals surface area contributed by atoms with Gasteiger partial charge >= 0.3 is 68.5 Å². The number of benzene rings is 1. The van der Waals surface area contributed by atoms with Crippen molar-refractivity contribution in [2.45, 2.75) is 6.92 Å². The van der Waals surface area contributed by atoms with Crippen molar-refractivity contribution >= 4 is 31.7 Å². The van der Waals surface area contributed by atoms with Gasteiger partial charge in [0.2, 0.25) is 0 Å². The summed E-state index contributed by atoms with van der Waals surface area (Å²) in [4.78, 5) is 0. The third-order valence-electron chi connectivity index (χ3n) is 1.18. The molecule has 0 aromatic heterocycles. The van der Waals surface area contributed by atoms with Crippen LogP contribution in [0.1, 0.15) is 5.56 Å². The Kier molecular flexibility index (Phi) is 2.77. The fourth-order valence-electron chi connectivity index (χ4n) is 0.643. The van der Waals surface area contributed by atoms with Crippen LogP contribution in [0.4, 0.5) is 0 Å². The van der Waals surface area contributed by atoms with E-state index in [2.05, 4.69) is 45.3 Å². The summed E-state index contributed by atoms with van der Waals surface area (Å²) in [5.41, 5.74) is 1.38. The number of halogens is 1. The summed E-state index contributed by atoms with van der Waals surface area (Å²) in [7, 11) is 0. The first-order chi connectivity index (χ1) is 4.34. The quantitative estimate of drug-likeness (QED) is 0.664. The molecule has 0 aliphatic carbocycles. The fourth-order valence-corrected chi connectivity index (χ4v) is 3.20. The second-order valence-electron chi connectivity index (χ2n) is 1.84. The molecule has 0 aliphatic rings. The molecule has 0 spiro atoms. The van der Waals surface area contributed by atoms with Gasteiger partial charge in [0.05, 0.1) is 0 Å². The predicted molar refractivity (Wildman–Crippen MR) is 45.5 cm³/mol. The van der Waals surface area contributed by atoms with Gasteiger partial charge in [0, 0.05) is 0 Å². The Balaban J connectivity index is 3.01. The Morgan fingerprint density at radius 2 is 2.00 bits per heavy atom. The molecule has 0 unspecified atom stereocenters. The van der Waals surface area contributed by atoms with Gasteiger partial charge in [-0.05, 0) is 0 Å². The van der Waals surface area contributed by atoms with E-state index in [4.69, 9.17) is 0 Å². The van der Waals surface area contributed by atoms with Gasteiger partial charge in [-0.1, -0.05) is 0 Å². The third kappa shape index (κ3) is 1.82. The molecule has 0 atom stereocenters. The molecule has 0 amide bonds. The fraction of sp³-hybridized carbons (Fsp3) is 0.143. The molecule has 0 heterocycles. The molecule has 1 rings (SSSR count). The molecule has 0 nitrogen and oxygen atoms in total. The SMILES string of the molecule is Cc1ccccc1[Se]Br. The summed E-state index contributed by atoms with van der Waals surface area (Å²) in [5.74, 6) is 0. The molecule has 2 heteroatoms. The van der Waals surface area contributed by atoms with Crippen LogP contribution in [0, 0.1) is 6.92 Å². The molecule has 0 fully saturated rings. The van der Waals surface area contributed by atoms with Crippen molar-refractivity contribution in [3.05, 3.63) is 29.8 Å². The van der Waals surface area contributed by atoms with Gasteiger partial charge in [0.25, 0.3) is 0 Å². The van der Waals surface area contributed by atoms with Crippen LogP contribution in [0.2, 0.25) is 0 Å². The molecule has 0 radical (unpaired) electrons. The third-order valence-corrected chi connectivity index (χ3v) is 4.30. The van der Waals surface area contributed by atoms with E-state index in [0.29, 0.717) is 13.1 Å². The van der Waals surface area contributed by atoms with E-state index in [9.17, 15) is 0 Å². The van der Waals surface area contributed by atoms with E-state index in [0.717, 1.165) is 0 Å². The van der Waals surface area contributed by atoms with Crippen molar-refractivity contribution in [3.8, 4) is 0 Å². The topological polar surface area (TPSA) is 0 Å². The first-order valence-corrected chi connectivity index (χ1v) is 7.55. The normalized spacial score (nSPS) is 9.56. The Morgan fingerprint density at radius 3 is 2.44 bits per heavy atom. The Labute approximate surface area is 68.5 Å². The predicted octanol–water partition coefficient (Wildman–Crippen LogP) is 1.63. The van der Waals surface area contributed by atoms with Crippen LogP contribution in [-0.4, -0.2) is 13.1 Å². The van der Waals surface area contributed by atoms with Crippen molar-refractivity contribution in [1.82, 2.24) is 0 Å². The Morgan fingerprint density at radius 1 is 1.33 bits per heavy atom. The van der Waals surface area contributed by atoms with Gasteiger partial charge in [-0.2, -0.15) is 0 Å². The molecule has 0 aliphatic heterocycles. The minimum atomic E-state index is 0.471. The molecule has 1 aromatic carbocycles. The van der Waals surface area contributed by atoms with Crippen molar-refractivity contribution < 1.29 is 0 Å².